The summed E-state index contributed by atoms with van der Waals surface area (Å²) in [5.41, 5.74) is 1.36. The summed E-state index contributed by atoms with van der Waals surface area (Å²) >= 11 is 1.17. The number of hydrogen-bond donors (Lipinski definition) is 1. The number of rotatable bonds is 3. The summed E-state index contributed by atoms with van der Waals surface area (Å²) in [6, 6.07) is 0. The fraction of sp³-hybridized carbons (Fsp3) is 0.462. The van der Waals surface area contributed by atoms with Gasteiger partial charge < -0.3 is 14.6 Å². The van der Waals surface area contributed by atoms with Gasteiger partial charge in [0, 0.05) is 4.88 Å². The minimum Gasteiger partial charge on any atom is -0.376 e. The number of nitrogens with one attached hydrogen (secondary N) is 1. The van der Waals surface area contributed by atoms with Crippen LogP contribution in [0.25, 0.3) is 11.5 Å². The van der Waals surface area contributed by atoms with Crippen LogP contribution < -0.4 is 5.32 Å². The summed E-state index contributed by atoms with van der Waals surface area (Å²) in [4.78, 5) is 16.6. The summed E-state index contributed by atoms with van der Waals surface area (Å²) in [6.45, 7) is 2.46. The summed E-state index contributed by atoms with van der Waals surface area (Å²) in [5.74, 6) is -0.543. The molecule has 10 heteroatoms. The van der Waals surface area contributed by atoms with Gasteiger partial charge in [0.1, 0.15) is 11.4 Å². The number of aryl methyl sites for hydroxylation is 1. The zero-order valence-corrected chi connectivity index (χ0v) is 12.8. The van der Waals surface area contributed by atoms with Crippen LogP contribution in [0.5, 0.6) is 0 Å². The van der Waals surface area contributed by atoms with E-state index in [0.717, 1.165) is 10.4 Å². The Morgan fingerprint density at radius 3 is 2.87 bits per heavy atom. The van der Waals surface area contributed by atoms with Crippen LogP contribution in [0.3, 0.4) is 0 Å². The van der Waals surface area contributed by atoms with Gasteiger partial charge in [-0.1, -0.05) is 5.16 Å². The Morgan fingerprint density at radius 2 is 2.22 bits per heavy atom. The lowest BCUT2D eigenvalue weighted by Crippen LogP contribution is -2.21. The second-order valence-corrected chi connectivity index (χ2v) is 6.10. The topological polar surface area (TPSA) is 77.2 Å². The SMILES string of the molecule is Cc1noc(-c2c(NC(=O)CC(F)(F)F)sc3c2CCOC3)n1. The Bertz CT molecular complexity index is 739. The third-order valence-electron chi connectivity index (χ3n) is 3.18. The first-order chi connectivity index (χ1) is 10.8. The highest BCUT2D eigenvalue weighted by Crippen LogP contribution is 2.42. The molecule has 1 amide bonds. The molecule has 2 aromatic rings. The number of carbonyl (C=O) groups excluding carboxylic acids is 1. The Morgan fingerprint density at radius 1 is 1.43 bits per heavy atom. The molecular formula is C13H12F3N3O3S. The van der Waals surface area contributed by atoms with E-state index in [1.165, 1.54) is 11.3 Å². The normalized spacial score (nSPS) is 14.6. The van der Waals surface area contributed by atoms with Crippen molar-refractivity contribution in [3.8, 4) is 11.5 Å². The van der Waals surface area contributed by atoms with Gasteiger partial charge in [-0.25, -0.2) is 0 Å². The molecule has 1 aliphatic rings. The second kappa shape index (κ2) is 5.93. The number of fused-ring (bicyclic) bond motifs is 1. The molecule has 23 heavy (non-hydrogen) atoms. The Balaban J connectivity index is 1.96. The number of anilines is 1. The van der Waals surface area contributed by atoms with E-state index in [-0.39, 0.29) is 10.9 Å². The quantitative estimate of drug-likeness (QED) is 0.923. The molecule has 1 N–H and O–H groups in total. The van der Waals surface area contributed by atoms with Gasteiger partial charge in [0.25, 0.3) is 5.89 Å². The van der Waals surface area contributed by atoms with Gasteiger partial charge in [-0.05, 0) is 18.9 Å². The first kappa shape index (κ1) is 15.9. The van der Waals surface area contributed by atoms with Gasteiger partial charge in [0.05, 0.1) is 18.8 Å². The predicted octanol–water partition coefficient (Wildman–Crippen LogP) is 3.07. The van der Waals surface area contributed by atoms with E-state index in [4.69, 9.17) is 9.26 Å². The number of halogens is 3. The number of carbonyl (C=O) groups is 1. The first-order valence-electron chi connectivity index (χ1n) is 6.73. The summed E-state index contributed by atoms with van der Waals surface area (Å²) in [5, 5.41) is 6.28. The Hall–Kier alpha value is -1.94. The summed E-state index contributed by atoms with van der Waals surface area (Å²) < 4.78 is 47.5. The van der Waals surface area contributed by atoms with Gasteiger partial charge in [-0.2, -0.15) is 18.2 Å². The number of nitrogens with zero attached hydrogens (tertiary/aromatic N) is 2. The van der Waals surface area contributed by atoms with Gasteiger partial charge in [-0.15, -0.1) is 11.3 Å². The molecular weight excluding hydrogens is 335 g/mol. The molecule has 0 saturated heterocycles. The van der Waals surface area contributed by atoms with Gasteiger partial charge in [0.2, 0.25) is 5.91 Å². The average molecular weight is 347 g/mol. The molecule has 0 fully saturated rings. The van der Waals surface area contributed by atoms with Crippen molar-refractivity contribution < 1.29 is 27.2 Å². The van der Waals surface area contributed by atoms with E-state index < -0.39 is 18.5 Å². The maximum atomic E-state index is 12.3. The molecule has 6 nitrogen and oxygen atoms in total. The molecule has 0 aromatic carbocycles. The van der Waals surface area contributed by atoms with Crippen LogP contribution >= 0.6 is 11.3 Å². The molecule has 2 aromatic heterocycles. The third-order valence-corrected chi connectivity index (χ3v) is 4.30. The molecule has 0 atom stereocenters. The number of amides is 1. The molecule has 0 aliphatic carbocycles. The van der Waals surface area contributed by atoms with E-state index in [9.17, 15) is 18.0 Å². The van der Waals surface area contributed by atoms with Crippen LogP contribution in [0.2, 0.25) is 0 Å². The molecule has 0 bridgehead atoms. The van der Waals surface area contributed by atoms with Crippen molar-refractivity contribution in [1.29, 1.82) is 0 Å². The number of hydrogen-bond acceptors (Lipinski definition) is 6. The number of aromatic nitrogens is 2. The zero-order chi connectivity index (χ0) is 16.6. The van der Waals surface area contributed by atoms with Crippen LogP contribution in [0.4, 0.5) is 18.2 Å². The van der Waals surface area contributed by atoms with Crippen LogP contribution in [0.1, 0.15) is 22.7 Å². The van der Waals surface area contributed by atoms with Crippen molar-refractivity contribution in [2.24, 2.45) is 0 Å². The monoisotopic (exact) mass is 347 g/mol. The van der Waals surface area contributed by atoms with Crippen molar-refractivity contribution in [3.05, 3.63) is 16.3 Å². The Kier molecular flexibility index (Phi) is 4.11. The van der Waals surface area contributed by atoms with Gasteiger partial charge in [-0.3, -0.25) is 4.79 Å². The lowest BCUT2D eigenvalue weighted by Gasteiger charge is -2.12. The highest BCUT2D eigenvalue weighted by molar-refractivity contribution is 7.17. The van der Waals surface area contributed by atoms with Crippen LogP contribution in [0.15, 0.2) is 4.52 Å². The van der Waals surface area contributed by atoms with E-state index in [2.05, 4.69) is 15.5 Å². The van der Waals surface area contributed by atoms with E-state index >= 15 is 0 Å². The molecule has 0 unspecified atom stereocenters. The van der Waals surface area contributed by atoms with E-state index in [0.29, 0.717) is 31.0 Å². The number of thiophene rings is 1. The van der Waals surface area contributed by atoms with Crippen molar-refractivity contribution in [1.82, 2.24) is 10.1 Å². The molecule has 0 spiro atoms. The standard InChI is InChI=1S/C13H12F3N3O3S/c1-6-17-11(22-19-6)10-7-2-3-21-5-8(7)23-12(10)18-9(20)4-13(14,15)16/h2-5H2,1H3,(H,18,20). The fourth-order valence-corrected chi connectivity index (χ4v) is 3.49. The molecule has 124 valence electrons. The van der Waals surface area contributed by atoms with Crippen molar-refractivity contribution >= 4 is 22.2 Å². The highest BCUT2D eigenvalue weighted by Gasteiger charge is 2.33. The molecule has 3 heterocycles. The van der Waals surface area contributed by atoms with Gasteiger partial charge in [0.15, 0.2) is 5.82 Å². The minimum absolute atomic E-state index is 0.184. The molecule has 0 saturated carbocycles. The minimum atomic E-state index is -4.56. The largest absolute Gasteiger partial charge is 0.397 e. The zero-order valence-electron chi connectivity index (χ0n) is 12.0. The van der Waals surface area contributed by atoms with E-state index in [1.807, 2.05) is 0 Å². The fourth-order valence-electron chi connectivity index (χ4n) is 2.30. The maximum absolute atomic E-state index is 12.3. The molecule has 0 radical (unpaired) electrons. The lowest BCUT2D eigenvalue weighted by atomic mass is 10.1. The Labute approximate surface area is 132 Å². The smallest absolute Gasteiger partial charge is 0.376 e. The van der Waals surface area contributed by atoms with Crippen molar-refractivity contribution in [2.75, 3.05) is 11.9 Å². The predicted molar refractivity (Wildman–Crippen MR) is 75.0 cm³/mol. The van der Waals surface area contributed by atoms with Crippen LogP contribution in [0, 0.1) is 6.92 Å². The summed E-state index contributed by atoms with van der Waals surface area (Å²) in [6.07, 6.45) is -5.54. The third kappa shape index (κ3) is 3.53. The first-order valence-corrected chi connectivity index (χ1v) is 7.54. The van der Waals surface area contributed by atoms with Gasteiger partial charge >= 0.3 is 6.18 Å². The molecule has 3 rings (SSSR count). The van der Waals surface area contributed by atoms with E-state index in [1.54, 1.807) is 6.92 Å². The maximum Gasteiger partial charge on any atom is 0.397 e. The summed E-state index contributed by atoms with van der Waals surface area (Å²) in [7, 11) is 0. The lowest BCUT2D eigenvalue weighted by molar-refractivity contribution is -0.150. The molecule has 1 aliphatic heterocycles. The average Bonchev–Trinajstić information content (AvgIpc) is 2.99. The van der Waals surface area contributed by atoms with Crippen LogP contribution in [-0.4, -0.2) is 28.8 Å². The highest BCUT2D eigenvalue weighted by atomic mass is 32.1. The van der Waals surface area contributed by atoms with Crippen molar-refractivity contribution in [2.45, 2.75) is 32.5 Å². The number of alkyl halides is 3. The second-order valence-electron chi connectivity index (χ2n) is 5.00. The van der Waals surface area contributed by atoms with Crippen LogP contribution in [-0.2, 0) is 22.6 Å². The number of ether oxygens (including phenoxy) is 1. The van der Waals surface area contributed by atoms with Crippen molar-refractivity contribution in [3.63, 3.8) is 0 Å².